The van der Waals surface area contributed by atoms with Crippen LogP contribution in [0.25, 0.3) is 10.9 Å². The van der Waals surface area contributed by atoms with E-state index >= 15 is 0 Å². The van der Waals surface area contributed by atoms with E-state index in [1.54, 1.807) is 0 Å². The topological polar surface area (TPSA) is 31.9 Å². The third-order valence-corrected chi connectivity index (χ3v) is 5.90. The number of aromatic amines is 1. The summed E-state index contributed by atoms with van der Waals surface area (Å²) in [7, 11) is 0. The first-order chi connectivity index (χ1) is 12.3. The summed E-state index contributed by atoms with van der Waals surface area (Å²) in [5.74, 6) is 0.752. The Hall–Kier alpha value is -1.78. The van der Waals surface area contributed by atoms with Crippen LogP contribution in [0.1, 0.15) is 24.0 Å². The number of likely N-dealkylation sites (tertiary alicyclic amines) is 1. The third-order valence-electron chi connectivity index (χ3n) is 5.17. The first-order valence-corrected chi connectivity index (χ1v) is 10.3. The van der Waals surface area contributed by atoms with Crippen molar-refractivity contribution in [3.05, 3.63) is 59.8 Å². The van der Waals surface area contributed by atoms with Gasteiger partial charge in [-0.1, -0.05) is 18.2 Å². The van der Waals surface area contributed by atoms with Crippen LogP contribution in [0.2, 0.25) is 0 Å². The summed E-state index contributed by atoms with van der Waals surface area (Å²) in [6, 6.07) is 15.7. The third kappa shape index (κ3) is 4.07. The Morgan fingerprint density at radius 1 is 1.20 bits per heavy atom. The normalized spacial score (nSPS) is 18.7. The van der Waals surface area contributed by atoms with Crippen LogP contribution in [0.4, 0.5) is 0 Å². The van der Waals surface area contributed by atoms with Crippen molar-refractivity contribution in [3.63, 3.8) is 0 Å². The second-order valence-corrected chi connectivity index (χ2v) is 7.97. The highest BCUT2D eigenvalue weighted by Crippen LogP contribution is 2.24. The molecule has 0 unspecified atom stereocenters. The van der Waals surface area contributed by atoms with Crippen LogP contribution >= 0.6 is 11.8 Å². The molecular formula is C21H25N3S. The lowest BCUT2D eigenvalue weighted by Gasteiger charge is -2.33. The molecule has 130 valence electrons. The number of hydrogen-bond donors (Lipinski definition) is 1. The smallest absolute Gasteiger partial charge is 0.0650 e. The first kappa shape index (κ1) is 16.7. The van der Waals surface area contributed by atoms with Crippen molar-refractivity contribution < 1.29 is 0 Å². The van der Waals surface area contributed by atoms with E-state index in [-0.39, 0.29) is 0 Å². The van der Waals surface area contributed by atoms with Crippen molar-refractivity contribution in [1.29, 1.82) is 0 Å². The highest BCUT2D eigenvalue weighted by Gasteiger charge is 2.20. The molecule has 0 aliphatic carbocycles. The van der Waals surface area contributed by atoms with Crippen LogP contribution < -0.4 is 0 Å². The molecule has 2 heterocycles. The van der Waals surface area contributed by atoms with Gasteiger partial charge in [-0.25, -0.2) is 0 Å². The zero-order valence-electron chi connectivity index (χ0n) is 14.7. The van der Waals surface area contributed by atoms with Gasteiger partial charge in [0.1, 0.15) is 0 Å². The largest absolute Gasteiger partial charge is 0.299 e. The number of fused-ring (bicyclic) bond motifs is 1. The lowest BCUT2D eigenvalue weighted by molar-refractivity contribution is 0.167. The highest BCUT2D eigenvalue weighted by molar-refractivity contribution is 7.98. The van der Waals surface area contributed by atoms with E-state index in [0.29, 0.717) is 0 Å². The van der Waals surface area contributed by atoms with Gasteiger partial charge in [-0.3, -0.25) is 10.00 Å². The summed E-state index contributed by atoms with van der Waals surface area (Å²) in [5, 5.41) is 8.38. The van der Waals surface area contributed by atoms with Gasteiger partial charge < -0.3 is 0 Å². The average Bonchev–Trinajstić information content (AvgIpc) is 3.10. The van der Waals surface area contributed by atoms with E-state index in [4.69, 9.17) is 0 Å². The molecule has 0 spiro atoms. The molecule has 1 N–H and O–H groups in total. The summed E-state index contributed by atoms with van der Waals surface area (Å²) in [6.45, 7) is 3.50. The first-order valence-electron chi connectivity index (χ1n) is 9.07. The summed E-state index contributed by atoms with van der Waals surface area (Å²) < 4.78 is 0. The Bertz CT molecular complexity index is 842. The van der Waals surface area contributed by atoms with Gasteiger partial charge in [0.25, 0.3) is 0 Å². The molecule has 1 aromatic heterocycles. The van der Waals surface area contributed by atoms with Gasteiger partial charge in [0.15, 0.2) is 0 Å². The quantitative estimate of drug-likeness (QED) is 0.674. The molecule has 0 saturated carbocycles. The SMILES string of the molecule is CSc1cccc(CN2CCC[C@H](Cc3ccc4[nH]ncc4c3)C2)c1. The van der Waals surface area contributed by atoms with Crippen molar-refractivity contribution in [2.75, 3.05) is 19.3 Å². The molecule has 1 saturated heterocycles. The van der Waals surface area contributed by atoms with Crippen LogP contribution in [0.3, 0.4) is 0 Å². The predicted octanol–water partition coefficient (Wildman–Crippen LogP) is 4.74. The molecule has 3 nitrogen and oxygen atoms in total. The van der Waals surface area contributed by atoms with Crippen LogP contribution in [0.5, 0.6) is 0 Å². The van der Waals surface area contributed by atoms with Gasteiger partial charge >= 0.3 is 0 Å². The van der Waals surface area contributed by atoms with Crippen molar-refractivity contribution in [2.45, 2.75) is 30.7 Å². The van der Waals surface area contributed by atoms with Crippen LogP contribution in [0, 0.1) is 5.92 Å². The maximum absolute atomic E-state index is 4.13. The fourth-order valence-electron chi connectivity index (χ4n) is 3.94. The summed E-state index contributed by atoms with van der Waals surface area (Å²) in [4.78, 5) is 3.99. The second-order valence-electron chi connectivity index (χ2n) is 7.09. The van der Waals surface area contributed by atoms with Crippen LogP contribution in [0.15, 0.2) is 53.6 Å². The van der Waals surface area contributed by atoms with E-state index in [1.807, 2.05) is 18.0 Å². The number of rotatable bonds is 5. The number of hydrogen-bond acceptors (Lipinski definition) is 3. The number of thioether (sulfide) groups is 1. The molecule has 0 amide bonds. The number of aromatic nitrogens is 2. The Balaban J connectivity index is 1.40. The fourth-order valence-corrected chi connectivity index (χ4v) is 4.43. The average molecular weight is 352 g/mol. The summed E-state index contributed by atoms with van der Waals surface area (Å²) >= 11 is 1.82. The number of benzene rings is 2. The van der Waals surface area contributed by atoms with Crippen molar-refractivity contribution in [1.82, 2.24) is 15.1 Å². The van der Waals surface area contributed by atoms with Gasteiger partial charge in [0, 0.05) is 23.4 Å². The molecular weight excluding hydrogens is 326 g/mol. The van der Waals surface area contributed by atoms with Crippen molar-refractivity contribution >= 4 is 22.7 Å². The number of piperidine rings is 1. The number of H-pyrrole nitrogens is 1. The highest BCUT2D eigenvalue weighted by atomic mass is 32.2. The predicted molar refractivity (Wildman–Crippen MR) is 106 cm³/mol. The van der Waals surface area contributed by atoms with Crippen molar-refractivity contribution in [2.24, 2.45) is 5.92 Å². The zero-order valence-corrected chi connectivity index (χ0v) is 15.6. The molecule has 2 aromatic carbocycles. The molecule has 1 fully saturated rings. The monoisotopic (exact) mass is 351 g/mol. The fraction of sp³-hybridized carbons (Fsp3) is 0.381. The van der Waals surface area contributed by atoms with E-state index in [1.165, 1.54) is 53.8 Å². The maximum atomic E-state index is 4.13. The van der Waals surface area contributed by atoms with E-state index in [2.05, 4.69) is 63.8 Å². The minimum atomic E-state index is 0.752. The van der Waals surface area contributed by atoms with Crippen molar-refractivity contribution in [3.8, 4) is 0 Å². The Morgan fingerprint density at radius 2 is 2.16 bits per heavy atom. The Labute approximate surface area is 153 Å². The molecule has 25 heavy (non-hydrogen) atoms. The van der Waals surface area contributed by atoms with Crippen LogP contribution in [-0.2, 0) is 13.0 Å². The summed E-state index contributed by atoms with van der Waals surface area (Å²) in [6.07, 6.45) is 7.88. The molecule has 0 bridgehead atoms. The van der Waals surface area contributed by atoms with E-state index in [9.17, 15) is 0 Å². The van der Waals surface area contributed by atoms with Gasteiger partial charge in [-0.2, -0.15) is 5.10 Å². The number of nitrogens with zero attached hydrogens (tertiary/aromatic N) is 2. The lowest BCUT2D eigenvalue weighted by atomic mass is 9.90. The van der Waals surface area contributed by atoms with Gasteiger partial charge in [-0.05, 0) is 73.4 Å². The molecule has 1 aliphatic rings. The summed E-state index contributed by atoms with van der Waals surface area (Å²) in [5.41, 5.74) is 4.00. The molecule has 4 heteroatoms. The maximum Gasteiger partial charge on any atom is 0.0650 e. The molecule has 1 atom stereocenters. The van der Waals surface area contributed by atoms with Gasteiger partial charge in [-0.15, -0.1) is 11.8 Å². The Kier molecular flexibility index (Phi) is 5.09. The van der Waals surface area contributed by atoms with E-state index in [0.717, 1.165) is 18.0 Å². The minimum Gasteiger partial charge on any atom is -0.299 e. The molecule has 0 radical (unpaired) electrons. The lowest BCUT2D eigenvalue weighted by Crippen LogP contribution is -2.35. The standard InChI is InChI=1S/C21H25N3S/c1-25-20-6-2-4-18(12-20)15-24-9-3-5-17(14-24)10-16-7-8-21-19(11-16)13-22-23-21/h2,4,6-8,11-13,17H,3,5,9-10,14-15H2,1H3,(H,22,23)/t17-/m1/s1. The number of nitrogens with one attached hydrogen (secondary N) is 1. The van der Waals surface area contributed by atoms with E-state index < -0.39 is 0 Å². The zero-order chi connectivity index (χ0) is 17.1. The van der Waals surface area contributed by atoms with Gasteiger partial charge in [0.05, 0.1) is 11.7 Å². The molecule has 3 aromatic rings. The second kappa shape index (κ2) is 7.63. The molecule has 1 aliphatic heterocycles. The van der Waals surface area contributed by atoms with Crippen LogP contribution in [-0.4, -0.2) is 34.4 Å². The Morgan fingerprint density at radius 3 is 3.08 bits per heavy atom. The molecule has 4 rings (SSSR count). The minimum absolute atomic E-state index is 0.752. The van der Waals surface area contributed by atoms with Gasteiger partial charge in [0.2, 0.25) is 0 Å².